The van der Waals surface area contributed by atoms with Gasteiger partial charge in [0.15, 0.2) is 5.69 Å². The van der Waals surface area contributed by atoms with Crippen LogP contribution in [0.2, 0.25) is 0 Å². The summed E-state index contributed by atoms with van der Waals surface area (Å²) in [7, 11) is 0. The Hall–Kier alpha value is -4.34. The van der Waals surface area contributed by atoms with Gasteiger partial charge < -0.3 is 19.4 Å². The molecule has 0 amide bonds. The van der Waals surface area contributed by atoms with Gasteiger partial charge in [-0.3, -0.25) is 14.6 Å². The number of aryl methyl sites for hydroxylation is 1. The summed E-state index contributed by atoms with van der Waals surface area (Å²) in [5.41, 5.74) is -0.925. The van der Waals surface area contributed by atoms with Crippen molar-refractivity contribution in [2.45, 2.75) is 26.7 Å². The van der Waals surface area contributed by atoms with E-state index in [-0.39, 0.29) is 41.1 Å². The molecule has 0 saturated carbocycles. The van der Waals surface area contributed by atoms with Gasteiger partial charge in [-0.15, -0.1) is 0 Å². The second kappa shape index (κ2) is 11.5. The van der Waals surface area contributed by atoms with Gasteiger partial charge in [0.25, 0.3) is 0 Å². The van der Waals surface area contributed by atoms with E-state index in [0.717, 1.165) is 0 Å². The number of hydrogen-bond acceptors (Lipinski definition) is 8. The monoisotopic (exact) mass is 464 g/mol. The third-order valence-corrected chi connectivity index (χ3v) is 4.71. The molecule has 2 aromatic rings. The zero-order chi connectivity index (χ0) is 24.5. The van der Waals surface area contributed by atoms with Crippen molar-refractivity contribution >= 4 is 28.4 Å². The Morgan fingerprint density at radius 1 is 1.00 bits per heavy atom. The van der Waals surface area contributed by atoms with E-state index in [0.29, 0.717) is 18.5 Å². The van der Waals surface area contributed by atoms with Crippen LogP contribution in [0.4, 0.5) is 0 Å². The Balaban J connectivity index is 2.52. The van der Waals surface area contributed by atoms with Crippen LogP contribution in [0.3, 0.4) is 0 Å². The number of benzene rings is 1. The van der Waals surface area contributed by atoms with E-state index in [2.05, 4.69) is 19.9 Å². The van der Waals surface area contributed by atoms with Crippen molar-refractivity contribution in [2.24, 2.45) is 0 Å². The van der Waals surface area contributed by atoms with Crippen molar-refractivity contribution in [1.82, 2.24) is 19.9 Å². The summed E-state index contributed by atoms with van der Waals surface area (Å²) < 4.78 is 10.4. The standard InChI is InChI=1S/C24H24N4O6/c1-3-33-23(31)16-10-7-12-18-19(16)25-13-8-14-26-21(29)22(30)28-17-11-6-5-9-15(17)20(27-18)24(32)34-4-2/h5-6,8-11,13-14H,3-4,7,12H2,1-2H3,(H,26,29)(H,28,30). The molecule has 0 unspecified atom stereocenters. The topological polar surface area (TPSA) is 144 Å². The van der Waals surface area contributed by atoms with E-state index in [1.54, 1.807) is 38.1 Å². The lowest BCUT2D eigenvalue weighted by Crippen LogP contribution is -2.26. The lowest BCUT2D eigenvalue weighted by molar-refractivity contribution is -0.136. The number of hydrogen-bond donors (Lipinski definition) is 2. The van der Waals surface area contributed by atoms with E-state index in [9.17, 15) is 19.2 Å². The van der Waals surface area contributed by atoms with Crippen LogP contribution in [0.25, 0.3) is 16.5 Å². The molecule has 0 atom stereocenters. The molecule has 1 aromatic carbocycles. The second-order valence-corrected chi connectivity index (χ2v) is 6.96. The largest absolute Gasteiger partial charge is 0.462 e. The molecule has 0 aliphatic heterocycles. The van der Waals surface area contributed by atoms with Crippen LogP contribution in [0.15, 0.2) is 58.4 Å². The molecule has 1 aliphatic rings. The fourth-order valence-electron chi connectivity index (χ4n) is 3.24. The van der Waals surface area contributed by atoms with E-state index < -0.39 is 23.1 Å². The third kappa shape index (κ3) is 5.71. The molecule has 1 aliphatic carbocycles. The van der Waals surface area contributed by atoms with Crippen LogP contribution in [-0.2, 0) is 20.7 Å². The number of carbonyl (C=O) groups is 2. The number of rotatable bonds is 4. The van der Waals surface area contributed by atoms with Crippen molar-refractivity contribution < 1.29 is 19.1 Å². The Morgan fingerprint density at radius 2 is 1.74 bits per heavy atom. The van der Waals surface area contributed by atoms with E-state index in [1.807, 2.05) is 0 Å². The summed E-state index contributed by atoms with van der Waals surface area (Å²) in [4.78, 5) is 63.7. The first-order valence-electron chi connectivity index (χ1n) is 10.7. The molecule has 0 spiro atoms. The van der Waals surface area contributed by atoms with Crippen molar-refractivity contribution in [3.63, 3.8) is 0 Å². The molecule has 1 aromatic heterocycles. The van der Waals surface area contributed by atoms with E-state index in [1.165, 1.54) is 24.5 Å². The molecule has 176 valence electrons. The zero-order valence-electron chi connectivity index (χ0n) is 18.8. The number of para-hydroxylation sites is 1. The van der Waals surface area contributed by atoms with Crippen LogP contribution >= 0.6 is 0 Å². The summed E-state index contributed by atoms with van der Waals surface area (Å²) in [5, 5.41) is 0.248. The van der Waals surface area contributed by atoms with E-state index in [4.69, 9.17) is 9.47 Å². The number of H-pyrrole nitrogens is 2. The minimum Gasteiger partial charge on any atom is -0.462 e. The quantitative estimate of drug-likeness (QED) is 0.518. The molecule has 0 radical (unpaired) electrons. The van der Waals surface area contributed by atoms with Gasteiger partial charge in [-0.05, 0) is 38.8 Å². The Bertz CT molecular complexity index is 1370. The average Bonchev–Trinajstić information content (AvgIpc) is 2.82. The van der Waals surface area contributed by atoms with Gasteiger partial charge in [-0.25, -0.2) is 14.6 Å². The lowest BCUT2D eigenvalue weighted by atomic mass is 9.99. The minimum absolute atomic E-state index is 0.0949. The fraction of sp³-hybridized carbons (Fsp3) is 0.250. The molecule has 1 heterocycles. The van der Waals surface area contributed by atoms with Gasteiger partial charge in [0.2, 0.25) is 0 Å². The summed E-state index contributed by atoms with van der Waals surface area (Å²) in [6.07, 6.45) is 5.16. The predicted molar refractivity (Wildman–Crippen MR) is 125 cm³/mol. The summed E-state index contributed by atoms with van der Waals surface area (Å²) in [6.45, 7) is 3.63. The number of esters is 2. The molecule has 0 saturated heterocycles. The number of nitrogens with zero attached hydrogens (tertiary/aromatic N) is 2. The first-order valence-corrected chi connectivity index (χ1v) is 10.7. The van der Waals surface area contributed by atoms with Gasteiger partial charge in [-0.1, -0.05) is 24.3 Å². The lowest BCUT2D eigenvalue weighted by Gasteiger charge is -2.14. The molecule has 3 rings (SSSR count). The SMILES string of the molecule is CCOC(=O)C1=CCCc2nc(C(=O)OCC)c3ccccc3[nH]c(=O)c(=O)[nH]cccnc21. The maximum atomic E-state index is 12.9. The molecular weight excluding hydrogens is 440 g/mol. The Morgan fingerprint density at radius 3 is 2.50 bits per heavy atom. The molecule has 2 N–H and O–H groups in total. The number of aromatic nitrogens is 4. The molecule has 0 fully saturated rings. The molecule has 0 bridgehead atoms. The molecule has 10 heteroatoms. The maximum absolute atomic E-state index is 12.9. The molecular formula is C24H24N4O6. The minimum atomic E-state index is -0.931. The number of nitrogens with one attached hydrogen (secondary N) is 2. The van der Waals surface area contributed by atoms with Crippen LogP contribution in [0.5, 0.6) is 0 Å². The molecule has 10 nitrogen and oxygen atoms in total. The van der Waals surface area contributed by atoms with Gasteiger partial charge in [0.05, 0.1) is 35.7 Å². The van der Waals surface area contributed by atoms with Gasteiger partial charge >= 0.3 is 23.1 Å². The third-order valence-electron chi connectivity index (χ3n) is 4.71. The van der Waals surface area contributed by atoms with Gasteiger partial charge in [0, 0.05) is 17.8 Å². The number of aromatic amines is 2. The highest BCUT2D eigenvalue weighted by Crippen LogP contribution is 2.24. The van der Waals surface area contributed by atoms with Crippen LogP contribution < -0.4 is 11.1 Å². The van der Waals surface area contributed by atoms with Gasteiger partial charge in [0.1, 0.15) is 0 Å². The number of carbonyl (C=O) groups excluding carboxylic acids is 2. The Kier molecular flexibility index (Phi) is 8.22. The van der Waals surface area contributed by atoms with Crippen molar-refractivity contribution in [2.75, 3.05) is 13.2 Å². The fourth-order valence-corrected chi connectivity index (χ4v) is 3.24. The Labute approximate surface area is 194 Å². The van der Waals surface area contributed by atoms with Crippen LogP contribution in [0.1, 0.15) is 42.1 Å². The van der Waals surface area contributed by atoms with Crippen molar-refractivity contribution in [3.8, 4) is 0 Å². The predicted octanol–water partition coefficient (Wildman–Crippen LogP) is 2.32. The smallest absolute Gasteiger partial charge is 0.357 e. The highest BCUT2D eigenvalue weighted by Gasteiger charge is 2.22. The van der Waals surface area contributed by atoms with Crippen molar-refractivity contribution in [1.29, 1.82) is 0 Å². The van der Waals surface area contributed by atoms with E-state index >= 15 is 0 Å². The molecule has 34 heavy (non-hydrogen) atoms. The van der Waals surface area contributed by atoms with Crippen LogP contribution in [-0.4, -0.2) is 45.1 Å². The summed E-state index contributed by atoms with van der Waals surface area (Å²) in [6, 6.07) is 7.80. The normalized spacial score (nSPS) is 11.9. The first kappa shape index (κ1) is 24.3. The summed E-state index contributed by atoms with van der Waals surface area (Å²) in [5.74, 6) is -1.30. The zero-order valence-corrected chi connectivity index (χ0v) is 18.8. The maximum Gasteiger partial charge on any atom is 0.357 e. The first-order chi connectivity index (χ1) is 16.5. The highest BCUT2D eigenvalue weighted by molar-refractivity contribution is 6.16. The number of fused-ring (bicyclic) bond motifs is 2. The second-order valence-electron chi connectivity index (χ2n) is 6.96. The number of allylic oxidation sites excluding steroid dienone is 1. The number of ether oxygens (including phenoxy) is 2. The van der Waals surface area contributed by atoms with Crippen molar-refractivity contribution in [3.05, 3.63) is 86.6 Å². The van der Waals surface area contributed by atoms with Gasteiger partial charge in [-0.2, -0.15) is 0 Å². The highest BCUT2D eigenvalue weighted by atomic mass is 16.5. The summed E-state index contributed by atoms with van der Waals surface area (Å²) >= 11 is 0. The van der Waals surface area contributed by atoms with Crippen LogP contribution in [0, 0.1) is 0 Å². The average molecular weight is 464 g/mol.